The third kappa shape index (κ3) is 3.76. The topological polar surface area (TPSA) is 41.6 Å². The van der Waals surface area contributed by atoms with Crippen LogP contribution in [0.25, 0.3) is 0 Å². The molecule has 1 saturated heterocycles. The maximum Gasteiger partial charge on any atom is 0.170 e. The van der Waals surface area contributed by atoms with Crippen LogP contribution in [0.2, 0.25) is 5.02 Å². The van der Waals surface area contributed by atoms with Crippen LogP contribution in [0.5, 0.6) is 5.75 Å². The molecule has 6 heteroatoms. The first kappa shape index (κ1) is 20.0. The number of benzene rings is 1. The van der Waals surface area contributed by atoms with Crippen LogP contribution in [0.15, 0.2) is 6.07 Å². The van der Waals surface area contributed by atoms with Crippen molar-refractivity contribution in [2.75, 3.05) is 13.1 Å². The molecule has 0 unspecified atom stereocenters. The second-order valence-corrected chi connectivity index (χ2v) is 9.43. The Balaban J connectivity index is 1.43. The lowest BCUT2D eigenvalue weighted by Gasteiger charge is -2.45. The molecule has 0 bridgehead atoms. The first-order valence-corrected chi connectivity index (χ1v) is 11.2. The number of thiocarbonyl (C=S) groups is 1. The van der Waals surface area contributed by atoms with Crippen molar-refractivity contribution in [3.05, 3.63) is 27.8 Å². The number of likely N-dealkylation sites (tertiary alicyclic amines) is 1. The van der Waals surface area contributed by atoms with Crippen LogP contribution in [-0.2, 0) is 0 Å². The van der Waals surface area contributed by atoms with Crippen LogP contribution in [-0.4, -0.2) is 40.5 Å². The Bertz CT molecular complexity index is 796. The molecule has 1 aromatic rings. The van der Waals surface area contributed by atoms with Crippen molar-refractivity contribution in [1.29, 1.82) is 0 Å². The van der Waals surface area contributed by atoms with Crippen molar-refractivity contribution >= 4 is 34.7 Å². The summed E-state index contributed by atoms with van der Waals surface area (Å²) >= 11 is 12.0. The van der Waals surface area contributed by atoms with Crippen molar-refractivity contribution in [2.45, 2.75) is 76.9 Å². The lowest BCUT2D eigenvalue weighted by molar-refractivity contribution is 0.00334. The van der Waals surface area contributed by atoms with Crippen molar-refractivity contribution < 1.29 is 9.53 Å². The van der Waals surface area contributed by atoms with E-state index in [9.17, 15) is 4.79 Å². The molecule has 0 radical (unpaired) electrons. The van der Waals surface area contributed by atoms with Gasteiger partial charge in [-0.1, -0.05) is 30.9 Å². The number of hydrogen-bond donors (Lipinski definition) is 1. The van der Waals surface area contributed by atoms with Gasteiger partial charge < -0.3 is 15.0 Å². The molecule has 0 amide bonds. The Kier molecular flexibility index (Phi) is 5.58. The molecule has 1 spiro atoms. The number of carbonyl (C=O) groups excluding carboxylic acids is 1. The average Bonchev–Trinajstić information content (AvgIpc) is 2.67. The van der Waals surface area contributed by atoms with Gasteiger partial charge in [0, 0.05) is 37.0 Å². The quantitative estimate of drug-likeness (QED) is 0.650. The number of hydrogen-bond acceptors (Lipinski definition) is 3. The molecule has 2 fully saturated rings. The molecule has 2 aliphatic heterocycles. The molecule has 4 nitrogen and oxygen atoms in total. The van der Waals surface area contributed by atoms with Crippen LogP contribution in [0.4, 0.5) is 0 Å². The number of nitrogens with zero attached hydrogens (tertiary/aromatic N) is 1. The maximum atomic E-state index is 12.9. The molecule has 1 saturated carbocycles. The van der Waals surface area contributed by atoms with Gasteiger partial charge in [0.25, 0.3) is 0 Å². The Morgan fingerprint density at radius 2 is 1.93 bits per heavy atom. The summed E-state index contributed by atoms with van der Waals surface area (Å²) in [7, 11) is 0. The number of fused-ring (bicyclic) bond motifs is 1. The van der Waals surface area contributed by atoms with E-state index < -0.39 is 5.60 Å². The standard InChI is InChI=1S/C22H29ClN2O2S/c1-14-12-18-19(15(2)20(14)23)17(26)13-22(27-18)8-10-25(11-9-22)21(28)24-16-6-4-3-5-7-16/h12,16H,3-11,13H2,1-2H3,(H,24,28). The zero-order chi connectivity index (χ0) is 19.9. The highest BCUT2D eigenvalue weighted by atomic mass is 35.5. The molecule has 1 aromatic carbocycles. The van der Waals surface area contributed by atoms with Crippen LogP contribution < -0.4 is 10.1 Å². The van der Waals surface area contributed by atoms with E-state index >= 15 is 0 Å². The summed E-state index contributed by atoms with van der Waals surface area (Å²) < 4.78 is 6.46. The van der Waals surface area contributed by atoms with E-state index in [0.717, 1.165) is 42.2 Å². The number of ketones is 1. The molecule has 0 aromatic heterocycles. The number of nitrogens with one attached hydrogen (secondary N) is 1. The van der Waals surface area contributed by atoms with Gasteiger partial charge in [-0.15, -0.1) is 0 Å². The predicted octanol–water partition coefficient (Wildman–Crippen LogP) is 4.96. The van der Waals surface area contributed by atoms with Crippen molar-refractivity contribution in [2.24, 2.45) is 0 Å². The lowest BCUT2D eigenvalue weighted by atomic mass is 9.81. The molecule has 2 heterocycles. The SMILES string of the molecule is Cc1cc2c(c(C)c1Cl)C(=O)CC1(CCN(C(=S)NC3CCCCC3)CC1)O2. The number of rotatable bonds is 1. The molecule has 1 aliphatic carbocycles. The summed E-state index contributed by atoms with van der Waals surface area (Å²) in [5.41, 5.74) is 2.05. The van der Waals surface area contributed by atoms with Crippen LogP contribution in [0.1, 0.15) is 72.9 Å². The van der Waals surface area contributed by atoms with Gasteiger partial charge in [-0.05, 0) is 56.1 Å². The van der Waals surface area contributed by atoms with Crippen molar-refractivity contribution in [1.82, 2.24) is 10.2 Å². The monoisotopic (exact) mass is 420 g/mol. The first-order valence-electron chi connectivity index (χ1n) is 10.5. The van der Waals surface area contributed by atoms with E-state index in [2.05, 4.69) is 10.2 Å². The minimum Gasteiger partial charge on any atom is -0.486 e. The van der Waals surface area contributed by atoms with Crippen LogP contribution >= 0.6 is 23.8 Å². The normalized spacial score (nSPS) is 22.0. The van der Waals surface area contributed by atoms with Gasteiger partial charge in [0.1, 0.15) is 11.4 Å². The number of piperidine rings is 1. The van der Waals surface area contributed by atoms with E-state index in [4.69, 9.17) is 28.6 Å². The Hall–Kier alpha value is -1.33. The molecule has 0 atom stereocenters. The number of aryl methyl sites for hydroxylation is 1. The van der Waals surface area contributed by atoms with E-state index in [0.29, 0.717) is 28.8 Å². The van der Waals surface area contributed by atoms with Crippen molar-refractivity contribution in [3.8, 4) is 5.75 Å². The van der Waals surface area contributed by atoms with Crippen molar-refractivity contribution in [3.63, 3.8) is 0 Å². The van der Waals surface area contributed by atoms with E-state index in [1.807, 2.05) is 19.9 Å². The van der Waals surface area contributed by atoms with Gasteiger partial charge in [-0.25, -0.2) is 0 Å². The average molecular weight is 421 g/mol. The summed E-state index contributed by atoms with van der Waals surface area (Å²) in [5, 5.41) is 5.09. The highest BCUT2D eigenvalue weighted by molar-refractivity contribution is 7.80. The zero-order valence-corrected chi connectivity index (χ0v) is 18.3. The van der Waals surface area contributed by atoms with Crippen LogP contribution in [0, 0.1) is 13.8 Å². The third-order valence-corrected chi connectivity index (χ3v) is 7.58. The molecule has 4 rings (SSSR count). The fourth-order valence-electron chi connectivity index (χ4n) is 4.91. The summed E-state index contributed by atoms with van der Waals surface area (Å²) in [6.45, 7) is 5.52. The van der Waals surface area contributed by atoms with Gasteiger partial charge in [0.15, 0.2) is 10.9 Å². The molecular formula is C22H29ClN2O2S. The number of halogens is 1. The summed E-state index contributed by atoms with van der Waals surface area (Å²) in [6.07, 6.45) is 8.41. The Morgan fingerprint density at radius 1 is 1.25 bits per heavy atom. The molecule has 152 valence electrons. The highest BCUT2D eigenvalue weighted by Crippen LogP contribution is 2.43. The fraction of sp³-hybridized carbons (Fsp3) is 0.636. The minimum absolute atomic E-state index is 0.150. The number of carbonyl (C=O) groups is 1. The summed E-state index contributed by atoms with van der Waals surface area (Å²) in [6, 6.07) is 2.44. The smallest absolute Gasteiger partial charge is 0.170 e. The van der Waals surface area contributed by atoms with E-state index in [1.165, 1.54) is 32.1 Å². The first-order chi connectivity index (χ1) is 13.4. The van der Waals surface area contributed by atoms with E-state index in [-0.39, 0.29) is 5.78 Å². The summed E-state index contributed by atoms with van der Waals surface area (Å²) in [4.78, 5) is 15.2. The largest absolute Gasteiger partial charge is 0.486 e. The Labute approximate surface area is 177 Å². The predicted molar refractivity (Wildman–Crippen MR) is 117 cm³/mol. The second kappa shape index (κ2) is 7.83. The number of ether oxygens (including phenoxy) is 1. The van der Waals surface area contributed by atoms with Gasteiger partial charge in [-0.2, -0.15) is 0 Å². The van der Waals surface area contributed by atoms with Gasteiger partial charge in [-0.3, -0.25) is 4.79 Å². The minimum atomic E-state index is -0.409. The van der Waals surface area contributed by atoms with Gasteiger partial charge in [0.05, 0.1) is 12.0 Å². The van der Waals surface area contributed by atoms with Gasteiger partial charge in [0.2, 0.25) is 0 Å². The lowest BCUT2D eigenvalue weighted by Crippen LogP contribution is -2.55. The molecular weight excluding hydrogens is 392 g/mol. The maximum absolute atomic E-state index is 12.9. The second-order valence-electron chi connectivity index (χ2n) is 8.66. The van der Waals surface area contributed by atoms with Gasteiger partial charge >= 0.3 is 0 Å². The van der Waals surface area contributed by atoms with E-state index in [1.54, 1.807) is 0 Å². The Morgan fingerprint density at radius 3 is 2.61 bits per heavy atom. The summed E-state index contributed by atoms with van der Waals surface area (Å²) in [5.74, 6) is 0.851. The molecule has 28 heavy (non-hydrogen) atoms. The fourth-order valence-corrected chi connectivity index (χ4v) is 5.41. The molecule has 1 N–H and O–H groups in total. The zero-order valence-electron chi connectivity index (χ0n) is 16.8. The highest BCUT2D eigenvalue weighted by Gasteiger charge is 2.44. The third-order valence-electron chi connectivity index (χ3n) is 6.63. The number of Topliss-reactive ketones (excluding diaryl/α,β-unsaturated/α-hetero) is 1. The molecule has 3 aliphatic rings. The van der Waals surface area contributed by atoms with Crippen LogP contribution in [0.3, 0.4) is 0 Å².